The summed E-state index contributed by atoms with van der Waals surface area (Å²) in [5.41, 5.74) is -1.19. The Labute approximate surface area is 135 Å². The molecular weight excluding hydrogens is 296 g/mol. The lowest BCUT2D eigenvalue weighted by Gasteiger charge is -2.49. The maximum atomic E-state index is 11.6. The van der Waals surface area contributed by atoms with Crippen LogP contribution >= 0.6 is 0 Å². The van der Waals surface area contributed by atoms with Gasteiger partial charge in [0.15, 0.2) is 0 Å². The predicted octanol–water partition coefficient (Wildman–Crippen LogP) is -0.494. The van der Waals surface area contributed by atoms with E-state index in [4.69, 9.17) is 0 Å². The number of hydrogen-bond donors (Lipinski definition) is 3. The molecule has 7 nitrogen and oxygen atoms in total. The fraction of sp³-hybridized carbons (Fsp3) is 0.750. The highest BCUT2D eigenvalue weighted by atomic mass is 16.3. The van der Waals surface area contributed by atoms with Gasteiger partial charge in [-0.25, -0.2) is 4.68 Å². The van der Waals surface area contributed by atoms with Gasteiger partial charge in [0.2, 0.25) is 0 Å². The minimum absolute atomic E-state index is 0.221. The van der Waals surface area contributed by atoms with Crippen molar-refractivity contribution in [2.75, 3.05) is 26.2 Å². The maximum Gasteiger partial charge on any atom is 0.265 e. The molecule has 0 aliphatic carbocycles. The molecular formula is C16H26N4O3. The second-order valence-electron chi connectivity index (χ2n) is 6.73. The van der Waals surface area contributed by atoms with Crippen LogP contribution in [0.3, 0.4) is 0 Å². The van der Waals surface area contributed by atoms with E-state index < -0.39 is 5.60 Å². The van der Waals surface area contributed by atoms with Crippen molar-refractivity contribution in [2.24, 2.45) is 0 Å². The number of aromatic nitrogens is 2. The van der Waals surface area contributed by atoms with Crippen molar-refractivity contribution >= 4 is 0 Å². The van der Waals surface area contributed by atoms with Crippen molar-refractivity contribution in [1.29, 1.82) is 0 Å². The standard InChI is InChI=1S/C16H26N4O3/c21-14-5-6-15(22)20(18-14)11-8-17-12-16(23)7-3-10-19-9-2-1-4-13(16)19/h5-6,13,17,23H,1-4,7-12H2,(H,18,21)/t13-,16-/m1/s1. The van der Waals surface area contributed by atoms with Gasteiger partial charge in [0, 0.05) is 31.3 Å². The zero-order valence-corrected chi connectivity index (χ0v) is 13.5. The van der Waals surface area contributed by atoms with Crippen LogP contribution in [0, 0.1) is 0 Å². The Bertz CT molecular complexity index is 639. The van der Waals surface area contributed by atoms with E-state index in [1.165, 1.54) is 29.7 Å². The van der Waals surface area contributed by atoms with Gasteiger partial charge in [-0.15, -0.1) is 0 Å². The van der Waals surface area contributed by atoms with Gasteiger partial charge in [-0.1, -0.05) is 6.42 Å². The molecule has 0 spiro atoms. The molecule has 2 atom stereocenters. The van der Waals surface area contributed by atoms with E-state index >= 15 is 0 Å². The Morgan fingerprint density at radius 3 is 2.96 bits per heavy atom. The first-order valence-electron chi connectivity index (χ1n) is 8.56. The summed E-state index contributed by atoms with van der Waals surface area (Å²) >= 11 is 0. The molecule has 2 aliphatic rings. The molecule has 0 radical (unpaired) electrons. The lowest BCUT2D eigenvalue weighted by Crippen LogP contribution is -2.62. The molecule has 0 unspecified atom stereocenters. The highest BCUT2D eigenvalue weighted by Gasteiger charge is 2.43. The molecule has 0 amide bonds. The van der Waals surface area contributed by atoms with E-state index in [2.05, 4.69) is 15.3 Å². The van der Waals surface area contributed by atoms with Gasteiger partial charge in [-0.2, -0.15) is 0 Å². The van der Waals surface area contributed by atoms with Crippen LogP contribution in [0.5, 0.6) is 0 Å². The normalized spacial score (nSPS) is 28.5. The molecule has 128 valence electrons. The van der Waals surface area contributed by atoms with Crippen molar-refractivity contribution in [3.63, 3.8) is 0 Å². The molecule has 0 saturated carbocycles. The minimum Gasteiger partial charge on any atom is -0.387 e. The Hall–Kier alpha value is -1.44. The highest BCUT2D eigenvalue weighted by molar-refractivity contribution is 4.99. The molecule has 2 saturated heterocycles. The summed E-state index contributed by atoms with van der Waals surface area (Å²) < 4.78 is 1.30. The third-order valence-corrected chi connectivity index (χ3v) is 5.12. The first-order chi connectivity index (χ1) is 11.1. The summed E-state index contributed by atoms with van der Waals surface area (Å²) in [6, 6.07) is 2.75. The number of aliphatic hydroxyl groups is 1. The Balaban J connectivity index is 1.54. The Kier molecular flexibility index (Phi) is 4.99. The van der Waals surface area contributed by atoms with Crippen LogP contribution < -0.4 is 16.4 Å². The van der Waals surface area contributed by atoms with Crippen LogP contribution in [0.15, 0.2) is 21.7 Å². The average Bonchev–Trinajstić information content (AvgIpc) is 2.55. The summed E-state index contributed by atoms with van der Waals surface area (Å²) in [4.78, 5) is 25.3. The van der Waals surface area contributed by atoms with Crippen LogP contribution in [0.25, 0.3) is 0 Å². The van der Waals surface area contributed by atoms with Gasteiger partial charge in [0.25, 0.3) is 11.1 Å². The first-order valence-corrected chi connectivity index (χ1v) is 8.56. The number of aromatic amines is 1. The fourth-order valence-electron chi connectivity index (χ4n) is 3.95. The number of H-pyrrole nitrogens is 1. The monoisotopic (exact) mass is 322 g/mol. The number of rotatable bonds is 5. The van der Waals surface area contributed by atoms with Crippen LogP contribution in [0.2, 0.25) is 0 Å². The summed E-state index contributed by atoms with van der Waals surface area (Å²) in [5.74, 6) is 0. The van der Waals surface area contributed by atoms with Crippen LogP contribution in [-0.2, 0) is 6.54 Å². The van der Waals surface area contributed by atoms with Gasteiger partial charge in [-0.3, -0.25) is 19.6 Å². The molecule has 3 rings (SSSR count). The largest absolute Gasteiger partial charge is 0.387 e. The summed E-state index contributed by atoms with van der Waals surface area (Å²) in [6.07, 6.45) is 5.32. The van der Waals surface area contributed by atoms with Crippen molar-refractivity contribution < 1.29 is 5.11 Å². The highest BCUT2D eigenvalue weighted by Crippen LogP contribution is 2.33. The van der Waals surface area contributed by atoms with Gasteiger partial charge < -0.3 is 10.4 Å². The van der Waals surface area contributed by atoms with E-state index in [0.717, 1.165) is 32.4 Å². The van der Waals surface area contributed by atoms with Crippen molar-refractivity contribution in [3.8, 4) is 0 Å². The minimum atomic E-state index is -0.687. The summed E-state index contributed by atoms with van der Waals surface area (Å²) in [6.45, 7) is 3.63. The third-order valence-electron chi connectivity index (χ3n) is 5.12. The number of hydrogen-bond acceptors (Lipinski definition) is 5. The Morgan fingerprint density at radius 2 is 2.09 bits per heavy atom. The first kappa shape index (κ1) is 16.4. The molecule has 7 heteroatoms. The molecule has 0 aromatic carbocycles. The lowest BCUT2D eigenvalue weighted by molar-refractivity contribution is -0.0918. The van der Waals surface area contributed by atoms with Gasteiger partial charge in [0.05, 0.1) is 12.1 Å². The molecule has 0 bridgehead atoms. The van der Waals surface area contributed by atoms with Crippen LogP contribution in [0.4, 0.5) is 0 Å². The Morgan fingerprint density at radius 1 is 1.26 bits per heavy atom. The molecule has 2 aliphatic heterocycles. The van der Waals surface area contributed by atoms with Crippen molar-refractivity contribution in [3.05, 3.63) is 32.8 Å². The fourth-order valence-corrected chi connectivity index (χ4v) is 3.95. The van der Waals surface area contributed by atoms with E-state index in [1.807, 2.05) is 0 Å². The number of nitrogens with one attached hydrogen (secondary N) is 2. The van der Waals surface area contributed by atoms with Crippen molar-refractivity contribution in [2.45, 2.75) is 50.3 Å². The van der Waals surface area contributed by atoms with E-state index in [0.29, 0.717) is 19.6 Å². The quantitative estimate of drug-likeness (QED) is 0.636. The second kappa shape index (κ2) is 6.98. The topological polar surface area (TPSA) is 90.4 Å². The van der Waals surface area contributed by atoms with Gasteiger partial charge in [-0.05, 0) is 38.8 Å². The average molecular weight is 322 g/mol. The predicted molar refractivity (Wildman–Crippen MR) is 87.6 cm³/mol. The van der Waals surface area contributed by atoms with Crippen LogP contribution in [0.1, 0.15) is 32.1 Å². The molecule has 1 aromatic rings. The van der Waals surface area contributed by atoms with Crippen LogP contribution in [-0.4, -0.2) is 57.6 Å². The zero-order valence-electron chi connectivity index (χ0n) is 13.5. The summed E-state index contributed by atoms with van der Waals surface area (Å²) in [7, 11) is 0. The molecule has 3 N–H and O–H groups in total. The van der Waals surface area contributed by atoms with Crippen molar-refractivity contribution in [1.82, 2.24) is 20.0 Å². The van der Waals surface area contributed by atoms with Gasteiger partial charge >= 0.3 is 0 Å². The summed E-state index contributed by atoms with van der Waals surface area (Å²) in [5, 5.41) is 16.8. The SMILES string of the molecule is O=c1ccc(=O)n(CCNC[C@]2(O)CCCN3CCCC[C@@H]32)[nH]1. The van der Waals surface area contributed by atoms with Gasteiger partial charge in [0.1, 0.15) is 0 Å². The number of piperidine rings is 2. The number of nitrogens with zero attached hydrogens (tertiary/aromatic N) is 2. The third kappa shape index (κ3) is 3.73. The molecule has 23 heavy (non-hydrogen) atoms. The zero-order chi connectivity index (χ0) is 16.3. The smallest absolute Gasteiger partial charge is 0.265 e. The lowest BCUT2D eigenvalue weighted by atomic mass is 9.79. The maximum absolute atomic E-state index is 11.6. The second-order valence-corrected chi connectivity index (χ2v) is 6.73. The van der Waals surface area contributed by atoms with E-state index in [9.17, 15) is 14.7 Å². The van der Waals surface area contributed by atoms with E-state index in [-0.39, 0.29) is 17.2 Å². The number of fused-ring (bicyclic) bond motifs is 1. The molecule has 3 heterocycles. The van der Waals surface area contributed by atoms with E-state index in [1.54, 1.807) is 0 Å². The molecule has 1 aromatic heterocycles. The molecule has 2 fully saturated rings.